The first-order valence-electron chi connectivity index (χ1n) is 4.73. The molecule has 2 fully saturated rings. The molecule has 0 amide bonds. The number of likely N-dealkylation sites (tertiary alicyclic amines) is 1. The van der Waals surface area contributed by atoms with Crippen LogP contribution in [-0.4, -0.2) is 45.9 Å². The van der Waals surface area contributed by atoms with Crippen molar-refractivity contribution in [3.8, 4) is 0 Å². The van der Waals surface area contributed by atoms with Gasteiger partial charge in [-0.2, -0.15) is 0 Å². The largest absolute Gasteiger partial charge is 0.391 e. The molecule has 3 nitrogen and oxygen atoms in total. The summed E-state index contributed by atoms with van der Waals surface area (Å²) in [5.74, 6) is 0. The monoisotopic (exact) mass is 171 g/mol. The lowest BCUT2D eigenvalue weighted by molar-refractivity contribution is -0.116. The van der Waals surface area contributed by atoms with Crippen molar-refractivity contribution in [2.45, 2.75) is 43.9 Å². The Morgan fingerprint density at radius 1 is 1.33 bits per heavy atom. The van der Waals surface area contributed by atoms with Crippen LogP contribution in [-0.2, 0) is 0 Å². The van der Waals surface area contributed by atoms with Crippen molar-refractivity contribution >= 4 is 0 Å². The molecule has 1 aliphatic carbocycles. The van der Waals surface area contributed by atoms with Crippen LogP contribution in [0.2, 0.25) is 0 Å². The lowest BCUT2D eigenvalue weighted by Crippen LogP contribution is -2.64. The van der Waals surface area contributed by atoms with Gasteiger partial charge in [-0.1, -0.05) is 0 Å². The number of β-amino-alcohol motifs (C(OH)–C–C–N with tert-alkyl or cyclic N) is 1. The van der Waals surface area contributed by atoms with E-state index >= 15 is 0 Å². The predicted molar refractivity (Wildman–Crippen MR) is 45.8 cm³/mol. The summed E-state index contributed by atoms with van der Waals surface area (Å²) in [6.45, 7) is 3.31. The second kappa shape index (κ2) is 2.69. The molecule has 1 saturated carbocycles. The molecule has 1 heterocycles. The molecule has 0 bridgehead atoms. The topological polar surface area (TPSA) is 43.7 Å². The molecule has 2 unspecified atom stereocenters. The van der Waals surface area contributed by atoms with E-state index in [0.29, 0.717) is 6.04 Å². The average molecular weight is 171 g/mol. The molecule has 2 rings (SSSR count). The Bertz CT molecular complexity index is 173. The van der Waals surface area contributed by atoms with Gasteiger partial charge in [0.15, 0.2) is 0 Å². The lowest BCUT2D eigenvalue weighted by Gasteiger charge is -2.48. The van der Waals surface area contributed by atoms with E-state index in [-0.39, 0.29) is 6.10 Å². The van der Waals surface area contributed by atoms with Crippen molar-refractivity contribution in [1.82, 2.24) is 4.90 Å². The molecule has 0 aromatic heterocycles. The van der Waals surface area contributed by atoms with Gasteiger partial charge in [-0.25, -0.2) is 0 Å². The zero-order chi connectivity index (χ0) is 8.77. The van der Waals surface area contributed by atoms with Crippen molar-refractivity contribution in [1.29, 1.82) is 0 Å². The van der Waals surface area contributed by atoms with E-state index in [2.05, 4.69) is 4.90 Å². The summed E-state index contributed by atoms with van der Waals surface area (Å²) in [6, 6.07) is 0.324. The summed E-state index contributed by atoms with van der Waals surface area (Å²) in [5, 5.41) is 19.1. The molecule has 0 aromatic carbocycles. The van der Waals surface area contributed by atoms with E-state index in [1.807, 2.05) is 6.92 Å². The summed E-state index contributed by atoms with van der Waals surface area (Å²) in [4.78, 5) is 2.19. The van der Waals surface area contributed by atoms with Gasteiger partial charge in [0.05, 0.1) is 11.7 Å². The second-order valence-corrected chi connectivity index (χ2v) is 4.47. The maximum absolute atomic E-state index is 9.57. The van der Waals surface area contributed by atoms with E-state index in [1.165, 1.54) is 0 Å². The lowest BCUT2D eigenvalue weighted by atomic mass is 9.93. The zero-order valence-electron chi connectivity index (χ0n) is 7.53. The van der Waals surface area contributed by atoms with Crippen LogP contribution in [0.4, 0.5) is 0 Å². The molecule has 0 radical (unpaired) electrons. The summed E-state index contributed by atoms with van der Waals surface area (Å²) in [6.07, 6.45) is 3.01. The summed E-state index contributed by atoms with van der Waals surface area (Å²) in [5.41, 5.74) is -0.498. The Balaban J connectivity index is 1.87. The Morgan fingerprint density at radius 2 is 2.00 bits per heavy atom. The minimum absolute atomic E-state index is 0.152. The van der Waals surface area contributed by atoms with E-state index in [9.17, 15) is 10.2 Å². The minimum atomic E-state index is -0.498. The Kier molecular flexibility index (Phi) is 1.90. The maximum atomic E-state index is 9.57. The first kappa shape index (κ1) is 8.48. The van der Waals surface area contributed by atoms with Crippen LogP contribution in [0.15, 0.2) is 0 Å². The number of nitrogens with zero attached hydrogens (tertiary/aromatic N) is 1. The first-order chi connectivity index (χ1) is 5.58. The van der Waals surface area contributed by atoms with Crippen molar-refractivity contribution in [3.05, 3.63) is 0 Å². The summed E-state index contributed by atoms with van der Waals surface area (Å²) < 4.78 is 0. The summed E-state index contributed by atoms with van der Waals surface area (Å²) in [7, 11) is 0. The van der Waals surface area contributed by atoms with Gasteiger partial charge in [-0.3, -0.25) is 4.90 Å². The van der Waals surface area contributed by atoms with Gasteiger partial charge in [0.25, 0.3) is 0 Å². The van der Waals surface area contributed by atoms with Crippen LogP contribution in [0.3, 0.4) is 0 Å². The fourth-order valence-electron chi connectivity index (χ4n) is 2.41. The minimum Gasteiger partial charge on any atom is -0.391 e. The van der Waals surface area contributed by atoms with Crippen molar-refractivity contribution in [2.75, 3.05) is 13.1 Å². The van der Waals surface area contributed by atoms with Crippen LogP contribution in [0.25, 0.3) is 0 Å². The number of aliphatic hydroxyl groups is 2. The van der Waals surface area contributed by atoms with E-state index < -0.39 is 5.60 Å². The highest BCUT2D eigenvalue weighted by molar-refractivity contribution is 4.98. The van der Waals surface area contributed by atoms with E-state index in [1.54, 1.807) is 0 Å². The smallest absolute Gasteiger partial charge is 0.0872 e. The fourth-order valence-corrected chi connectivity index (χ4v) is 2.41. The Morgan fingerprint density at radius 3 is 2.42 bits per heavy atom. The standard InChI is InChI=1S/C9H17NO2/c1-9(12)5-10(6-9)7-3-2-4-8(7)11/h7-8,11-12H,2-6H2,1H3. The first-order valence-corrected chi connectivity index (χ1v) is 4.73. The molecule has 2 atom stereocenters. The third kappa shape index (κ3) is 1.37. The molecule has 1 aliphatic heterocycles. The van der Waals surface area contributed by atoms with Crippen LogP contribution in [0, 0.1) is 0 Å². The molecule has 2 N–H and O–H groups in total. The number of aliphatic hydroxyl groups excluding tert-OH is 1. The van der Waals surface area contributed by atoms with Gasteiger partial charge >= 0.3 is 0 Å². The normalized spacial score (nSPS) is 41.2. The van der Waals surface area contributed by atoms with Crippen LogP contribution < -0.4 is 0 Å². The zero-order valence-corrected chi connectivity index (χ0v) is 7.53. The number of hydrogen-bond donors (Lipinski definition) is 2. The molecule has 3 heteroatoms. The molecule has 0 spiro atoms. The van der Waals surface area contributed by atoms with Crippen LogP contribution >= 0.6 is 0 Å². The Labute approximate surface area is 73.0 Å². The molecule has 12 heavy (non-hydrogen) atoms. The molecule has 2 aliphatic rings. The van der Waals surface area contributed by atoms with Gasteiger partial charge in [0.2, 0.25) is 0 Å². The molecule has 70 valence electrons. The van der Waals surface area contributed by atoms with E-state index in [0.717, 1.165) is 32.4 Å². The van der Waals surface area contributed by atoms with E-state index in [4.69, 9.17) is 0 Å². The average Bonchev–Trinajstić information content (AvgIpc) is 2.30. The SMILES string of the molecule is CC1(O)CN(C2CCCC2O)C1. The van der Waals surface area contributed by atoms with Crippen molar-refractivity contribution in [2.24, 2.45) is 0 Å². The molecule has 0 aromatic rings. The van der Waals surface area contributed by atoms with Gasteiger partial charge in [-0.05, 0) is 26.2 Å². The highest BCUT2D eigenvalue weighted by Gasteiger charge is 2.43. The molecule has 1 saturated heterocycles. The summed E-state index contributed by atoms with van der Waals surface area (Å²) >= 11 is 0. The fraction of sp³-hybridized carbons (Fsp3) is 1.00. The van der Waals surface area contributed by atoms with Gasteiger partial charge in [-0.15, -0.1) is 0 Å². The number of rotatable bonds is 1. The Hall–Kier alpha value is -0.120. The quantitative estimate of drug-likeness (QED) is 0.582. The third-order valence-electron chi connectivity index (χ3n) is 3.00. The molecular formula is C9H17NO2. The van der Waals surface area contributed by atoms with Crippen LogP contribution in [0.5, 0.6) is 0 Å². The maximum Gasteiger partial charge on any atom is 0.0872 e. The van der Waals surface area contributed by atoms with Crippen molar-refractivity contribution < 1.29 is 10.2 Å². The van der Waals surface area contributed by atoms with Gasteiger partial charge < -0.3 is 10.2 Å². The predicted octanol–water partition coefficient (Wildman–Crippen LogP) is -0.0336. The van der Waals surface area contributed by atoms with Gasteiger partial charge in [0, 0.05) is 19.1 Å². The van der Waals surface area contributed by atoms with Gasteiger partial charge in [0.1, 0.15) is 0 Å². The highest BCUT2D eigenvalue weighted by Crippen LogP contribution is 2.31. The molecular weight excluding hydrogens is 154 g/mol. The van der Waals surface area contributed by atoms with Crippen molar-refractivity contribution in [3.63, 3.8) is 0 Å². The second-order valence-electron chi connectivity index (χ2n) is 4.47. The third-order valence-corrected chi connectivity index (χ3v) is 3.00. The highest BCUT2D eigenvalue weighted by atomic mass is 16.3. The van der Waals surface area contributed by atoms with Crippen LogP contribution in [0.1, 0.15) is 26.2 Å². The number of hydrogen-bond acceptors (Lipinski definition) is 3.